The molecule has 184 valence electrons. The summed E-state index contributed by atoms with van der Waals surface area (Å²) in [6.07, 6.45) is 1.37. The Labute approximate surface area is 217 Å². The van der Waals surface area contributed by atoms with Crippen molar-refractivity contribution in [1.82, 2.24) is 5.32 Å². The number of ether oxygens (including phenoxy) is 3. The summed E-state index contributed by atoms with van der Waals surface area (Å²) in [4.78, 5) is 39.2. The van der Waals surface area contributed by atoms with Crippen molar-refractivity contribution in [1.29, 1.82) is 0 Å². The Kier molecular flexibility index (Phi) is 7.47. The molecule has 0 spiro atoms. The van der Waals surface area contributed by atoms with Crippen molar-refractivity contribution in [3.05, 3.63) is 87.4 Å². The first kappa shape index (κ1) is 25.1. The first-order valence-electron chi connectivity index (χ1n) is 10.6. The maximum atomic E-state index is 13.2. The molecule has 10 heteroatoms. The topological polar surface area (TPSA) is 94.2 Å². The molecular formula is C26H20Cl2N2O6. The average molecular weight is 527 g/mol. The molecule has 1 N–H and O–H groups in total. The molecule has 1 aliphatic heterocycles. The standard InChI is InChI=1S/C26H20Cl2N2O6/c1-34-18-8-5-17(6-9-18)30-25(32)20(24(31)29-26(30)33)12-16-4-7-19(35-2)13-23(16)36-14-15-3-10-21(27)22(28)11-15/h3-13H,14H2,1-2H3,(H,29,31,33)/b20-12+. The maximum Gasteiger partial charge on any atom is 0.335 e. The molecule has 3 aromatic rings. The molecule has 1 aliphatic rings. The van der Waals surface area contributed by atoms with Gasteiger partial charge in [0, 0.05) is 11.6 Å². The molecule has 0 radical (unpaired) electrons. The highest BCUT2D eigenvalue weighted by Gasteiger charge is 2.37. The molecule has 3 aromatic carbocycles. The largest absolute Gasteiger partial charge is 0.497 e. The second-order valence-electron chi connectivity index (χ2n) is 7.60. The number of hydrogen-bond acceptors (Lipinski definition) is 6. The molecule has 0 unspecified atom stereocenters. The molecule has 0 bridgehead atoms. The highest BCUT2D eigenvalue weighted by Crippen LogP contribution is 2.30. The number of barbiturate groups is 1. The lowest BCUT2D eigenvalue weighted by Gasteiger charge is -2.26. The number of methoxy groups -OCH3 is 2. The van der Waals surface area contributed by atoms with E-state index < -0.39 is 17.8 Å². The minimum atomic E-state index is -0.849. The van der Waals surface area contributed by atoms with Gasteiger partial charge in [-0.05, 0) is 60.2 Å². The molecule has 4 amide bonds. The smallest absolute Gasteiger partial charge is 0.335 e. The van der Waals surface area contributed by atoms with Gasteiger partial charge in [-0.15, -0.1) is 0 Å². The highest BCUT2D eigenvalue weighted by atomic mass is 35.5. The second-order valence-corrected chi connectivity index (χ2v) is 8.41. The third kappa shape index (κ3) is 5.30. The van der Waals surface area contributed by atoms with Crippen LogP contribution in [0.1, 0.15) is 11.1 Å². The minimum absolute atomic E-state index is 0.136. The molecule has 1 heterocycles. The second kappa shape index (κ2) is 10.7. The number of carbonyl (C=O) groups is 3. The van der Waals surface area contributed by atoms with Gasteiger partial charge in [0.15, 0.2) is 0 Å². The van der Waals surface area contributed by atoms with E-state index in [9.17, 15) is 14.4 Å². The average Bonchev–Trinajstić information content (AvgIpc) is 2.88. The first-order chi connectivity index (χ1) is 17.3. The number of rotatable bonds is 7. The summed E-state index contributed by atoms with van der Waals surface area (Å²) >= 11 is 12.1. The van der Waals surface area contributed by atoms with Crippen LogP contribution in [-0.2, 0) is 16.2 Å². The van der Waals surface area contributed by atoms with E-state index in [0.717, 1.165) is 10.5 Å². The van der Waals surface area contributed by atoms with E-state index in [1.165, 1.54) is 20.3 Å². The number of carbonyl (C=O) groups excluding carboxylic acids is 3. The fourth-order valence-corrected chi connectivity index (χ4v) is 3.78. The van der Waals surface area contributed by atoms with Gasteiger partial charge in [-0.2, -0.15) is 0 Å². The molecular weight excluding hydrogens is 507 g/mol. The summed E-state index contributed by atoms with van der Waals surface area (Å²) in [7, 11) is 3.01. The van der Waals surface area contributed by atoms with Crippen LogP contribution in [0.15, 0.2) is 66.2 Å². The van der Waals surface area contributed by atoms with Gasteiger partial charge in [0.25, 0.3) is 11.8 Å². The van der Waals surface area contributed by atoms with Crippen LogP contribution in [0.25, 0.3) is 6.08 Å². The van der Waals surface area contributed by atoms with Gasteiger partial charge in [0.2, 0.25) is 0 Å². The summed E-state index contributed by atoms with van der Waals surface area (Å²) in [6, 6.07) is 15.5. The lowest BCUT2D eigenvalue weighted by Crippen LogP contribution is -2.54. The molecule has 0 saturated carbocycles. The summed E-state index contributed by atoms with van der Waals surface area (Å²) in [6.45, 7) is 0.136. The summed E-state index contributed by atoms with van der Waals surface area (Å²) in [5.41, 5.74) is 1.23. The molecule has 4 rings (SSSR count). The maximum absolute atomic E-state index is 13.2. The van der Waals surface area contributed by atoms with Gasteiger partial charge in [0.1, 0.15) is 29.4 Å². The molecule has 8 nitrogen and oxygen atoms in total. The van der Waals surface area contributed by atoms with Crippen molar-refractivity contribution in [2.75, 3.05) is 19.1 Å². The fraction of sp³-hybridized carbons (Fsp3) is 0.115. The molecule has 1 saturated heterocycles. The lowest BCUT2D eigenvalue weighted by atomic mass is 10.1. The Morgan fingerprint density at radius 3 is 2.22 bits per heavy atom. The Hall–Kier alpha value is -4.01. The summed E-state index contributed by atoms with van der Waals surface area (Å²) < 4.78 is 16.4. The summed E-state index contributed by atoms with van der Waals surface area (Å²) in [5.74, 6) is -0.184. The number of amides is 4. The highest BCUT2D eigenvalue weighted by molar-refractivity contribution is 6.42. The van der Waals surface area contributed by atoms with Crippen LogP contribution in [0.5, 0.6) is 17.2 Å². The van der Waals surface area contributed by atoms with Crippen molar-refractivity contribution in [2.45, 2.75) is 6.61 Å². The number of urea groups is 1. The van der Waals surface area contributed by atoms with Gasteiger partial charge in [-0.1, -0.05) is 29.3 Å². The number of nitrogens with one attached hydrogen (secondary N) is 1. The van der Waals surface area contributed by atoms with E-state index in [1.807, 2.05) is 0 Å². The van der Waals surface area contributed by atoms with Gasteiger partial charge in [-0.25, -0.2) is 9.69 Å². The van der Waals surface area contributed by atoms with Crippen molar-refractivity contribution in [3.8, 4) is 17.2 Å². The van der Waals surface area contributed by atoms with Crippen molar-refractivity contribution >= 4 is 52.8 Å². The van der Waals surface area contributed by atoms with Crippen LogP contribution in [0.2, 0.25) is 10.0 Å². The van der Waals surface area contributed by atoms with Gasteiger partial charge in [-0.3, -0.25) is 14.9 Å². The number of imide groups is 2. The van der Waals surface area contributed by atoms with Crippen LogP contribution >= 0.6 is 23.2 Å². The lowest BCUT2D eigenvalue weighted by molar-refractivity contribution is -0.122. The fourth-order valence-electron chi connectivity index (χ4n) is 3.46. The molecule has 36 heavy (non-hydrogen) atoms. The van der Waals surface area contributed by atoms with Crippen LogP contribution in [-0.4, -0.2) is 32.1 Å². The van der Waals surface area contributed by atoms with Gasteiger partial charge < -0.3 is 14.2 Å². The third-order valence-electron chi connectivity index (χ3n) is 5.33. The van der Waals surface area contributed by atoms with Gasteiger partial charge in [0.05, 0.1) is 30.0 Å². The number of anilines is 1. The van der Waals surface area contributed by atoms with Crippen molar-refractivity contribution < 1.29 is 28.6 Å². The predicted molar refractivity (Wildman–Crippen MR) is 136 cm³/mol. The van der Waals surface area contributed by atoms with E-state index in [2.05, 4.69) is 5.32 Å². The molecule has 1 fully saturated rings. The number of halogens is 2. The zero-order chi connectivity index (χ0) is 25.8. The molecule has 0 aromatic heterocycles. The van der Waals surface area contributed by atoms with E-state index in [0.29, 0.717) is 32.9 Å². The molecule has 0 atom stereocenters. The Bertz CT molecular complexity index is 1370. The Balaban J connectivity index is 1.67. The Morgan fingerprint density at radius 2 is 1.56 bits per heavy atom. The van der Waals surface area contributed by atoms with Gasteiger partial charge >= 0.3 is 6.03 Å². The SMILES string of the molecule is COc1ccc(N2C(=O)NC(=O)/C(=C\c3ccc(OC)cc3OCc3ccc(Cl)c(Cl)c3)C2=O)cc1. The van der Waals surface area contributed by atoms with Crippen molar-refractivity contribution in [3.63, 3.8) is 0 Å². The predicted octanol–water partition coefficient (Wildman–Crippen LogP) is 5.26. The normalized spacial score (nSPS) is 14.6. The first-order valence-corrected chi connectivity index (χ1v) is 11.4. The summed E-state index contributed by atoms with van der Waals surface area (Å²) in [5, 5.41) is 3.01. The van der Waals surface area contributed by atoms with Crippen LogP contribution < -0.4 is 24.4 Å². The van der Waals surface area contributed by atoms with E-state index in [1.54, 1.807) is 60.7 Å². The van der Waals surface area contributed by atoms with E-state index in [4.69, 9.17) is 37.4 Å². The zero-order valence-corrected chi connectivity index (χ0v) is 20.7. The number of nitrogens with zero attached hydrogens (tertiary/aromatic N) is 1. The van der Waals surface area contributed by atoms with Crippen LogP contribution in [0.3, 0.4) is 0 Å². The minimum Gasteiger partial charge on any atom is -0.497 e. The van der Waals surface area contributed by atoms with Crippen LogP contribution in [0.4, 0.5) is 10.5 Å². The molecule has 0 aliphatic carbocycles. The number of hydrogen-bond donors (Lipinski definition) is 1. The van der Waals surface area contributed by atoms with Crippen molar-refractivity contribution in [2.24, 2.45) is 0 Å². The Morgan fingerprint density at radius 1 is 0.861 bits per heavy atom. The zero-order valence-electron chi connectivity index (χ0n) is 19.2. The third-order valence-corrected chi connectivity index (χ3v) is 6.07. The van der Waals surface area contributed by atoms with E-state index in [-0.39, 0.29) is 17.9 Å². The number of benzene rings is 3. The van der Waals surface area contributed by atoms with E-state index >= 15 is 0 Å². The van der Waals surface area contributed by atoms with Crippen LogP contribution in [0, 0.1) is 0 Å². The quantitative estimate of drug-likeness (QED) is 0.333. The monoisotopic (exact) mass is 526 g/mol.